The highest BCUT2D eigenvalue weighted by Gasteiger charge is 2.19. The van der Waals surface area contributed by atoms with Gasteiger partial charge in [0, 0.05) is 18.8 Å². The first kappa shape index (κ1) is 14.2. The highest BCUT2D eigenvalue weighted by Crippen LogP contribution is 2.09. The second kappa shape index (κ2) is 6.76. The Balaban J connectivity index is 2.67. The number of anilines is 1. The van der Waals surface area contributed by atoms with E-state index >= 15 is 0 Å². The van der Waals surface area contributed by atoms with E-state index in [4.69, 9.17) is 5.11 Å². The summed E-state index contributed by atoms with van der Waals surface area (Å²) in [5.41, 5.74) is 1.59. The summed E-state index contributed by atoms with van der Waals surface area (Å²) in [4.78, 5) is 24.8. The van der Waals surface area contributed by atoms with Gasteiger partial charge in [-0.2, -0.15) is 0 Å². The Morgan fingerprint density at radius 3 is 2.67 bits per heavy atom. The lowest BCUT2D eigenvalue weighted by molar-refractivity contribution is -0.143. The summed E-state index contributed by atoms with van der Waals surface area (Å²) in [5.74, 6) is -1.32. The summed E-state index contributed by atoms with van der Waals surface area (Å²) in [6, 6.07) is 7.22. The molecule has 0 atom stereocenters. The number of carbonyl (C=O) groups excluding carboxylic acids is 2. The lowest BCUT2D eigenvalue weighted by Gasteiger charge is -2.18. The second-order valence-electron chi connectivity index (χ2n) is 3.93. The highest BCUT2D eigenvalue weighted by atomic mass is 16.3. The largest absolute Gasteiger partial charge is 0.395 e. The van der Waals surface area contributed by atoms with Crippen molar-refractivity contribution in [2.75, 3.05) is 25.0 Å². The number of amides is 2. The van der Waals surface area contributed by atoms with Crippen LogP contribution in [0.2, 0.25) is 0 Å². The number of hydrogen-bond donors (Lipinski definition) is 2. The molecule has 0 aromatic heterocycles. The molecule has 2 amide bonds. The number of likely N-dealkylation sites (N-methyl/N-ethyl adjacent to an activating group) is 1. The van der Waals surface area contributed by atoms with Crippen molar-refractivity contribution in [2.24, 2.45) is 0 Å². The van der Waals surface area contributed by atoms with Gasteiger partial charge in [0.15, 0.2) is 0 Å². The Bertz CT molecular complexity index is 432. The van der Waals surface area contributed by atoms with Crippen LogP contribution < -0.4 is 5.32 Å². The highest BCUT2D eigenvalue weighted by molar-refractivity contribution is 6.39. The lowest BCUT2D eigenvalue weighted by atomic mass is 10.2. The van der Waals surface area contributed by atoms with Crippen LogP contribution in [0.1, 0.15) is 12.5 Å². The van der Waals surface area contributed by atoms with Crippen LogP contribution in [0.25, 0.3) is 0 Å². The van der Waals surface area contributed by atoms with Crippen LogP contribution >= 0.6 is 0 Å². The first-order chi connectivity index (χ1) is 8.58. The molecule has 1 rings (SSSR count). The molecule has 5 heteroatoms. The SMILES string of the molecule is CCN(CCO)C(=O)C(=O)Nc1cccc(C)c1. The van der Waals surface area contributed by atoms with Gasteiger partial charge in [0.2, 0.25) is 0 Å². The Morgan fingerprint density at radius 1 is 1.39 bits per heavy atom. The third kappa shape index (κ3) is 3.85. The molecule has 0 saturated heterocycles. The Morgan fingerprint density at radius 2 is 2.11 bits per heavy atom. The number of benzene rings is 1. The van der Waals surface area contributed by atoms with E-state index in [1.165, 1.54) is 4.90 Å². The molecule has 0 unspecified atom stereocenters. The smallest absolute Gasteiger partial charge is 0.313 e. The predicted octanol–water partition coefficient (Wildman–Crippen LogP) is 0.774. The number of carbonyl (C=O) groups is 2. The molecule has 0 aliphatic heterocycles. The minimum atomic E-state index is -0.684. The average Bonchev–Trinajstić information content (AvgIpc) is 2.35. The first-order valence-corrected chi connectivity index (χ1v) is 5.86. The van der Waals surface area contributed by atoms with Gasteiger partial charge >= 0.3 is 11.8 Å². The number of rotatable bonds is 4. The molecule has 2 N–H and O–H groups in total. The van der Waals surface area contributed by atoms with E-state index in [1.807, 2.05) is 13.0 Å². The number of aryl methyl sites for hydroxylation is 1. The van der Waals surface area contributed by atoms with Crippen LogP contribution in [0.3, 0.4) is 0 Å². The number of hydrogen-bond acceptors (Lipinski definition) is 3. The molecule has 0 bridgehead atoms. The van der Waals surface area contributed by atoms with Crippen molar-refractivity contribution in [2.45, 2.75) is 13.8 Å². The third-order valence-corrected chi connectivity index (χ3v) is 2.51. The Labute approximate surface area is 106 Å². The number of aliphatic hydroxyl groups excluding tert-OH is 1. The molecule has 0 fully saturated rings. The van der Waals surface area contributed by atoms with Crippen molar-refractivity contribution >= 4 is 17.5 Å². The Hall–Kier alpha value is -1.88. The van der Waals surface area contributed by atoms with Crippen molar-refractivity contribution in [1.82, 2.24) is 4.90 Å². The zero-order valence-corrected chi connectivity index (χ0v) is 10.6. The van der Waals surface area contributed by atoms with E-state index in [0.29, 0.717) is 12.2 Å². The van der Waals surface area contributed by atoms with Crippen molar-refractivity contribution in [3.8, 4) is 0 Å². The zero-order chi connectivity index (χ0) is 13.5. The molecule has 0 aliphatic carbocycles. The van der Waals surface area contributed by atoms with E-state index < -0.39 is 11.8 Å². The average molecular weight is 250 g/mol. The van der Waals surface area contributed by atoms with Gasteiger partial charge in [-0.25, -0.2) is 0 Å². The molecular formula is C13H18N2O3. The summed E-state index contributed by atoms with van der Waals surface area (Å²) in [6.45, 7) is 4.06. The minimum Gasteiger partial charge on any atom is -0.395 e. The van der Waals surface area contributed by atoms with E-state index in [-0.39, 0.29) is 13.2 Å². The van der Waals surface area contributed by atoms with Gasteiger partial charge in [-0.05, 0) is 31.5 Å². The molecule has 0 radical (unpaired) electrons. The third-order valence-electron chi connectivity index (χ3n) is 2.51. The van der Waals surface area contributed by atoms with Crippen LogP contribution in [0, 0.1) is 6.92 Å². The minimum absolute atomic E-state index is 0.155. The molecule has 98 valence electrons. The van der Waals surface area contributed by atoms with Gasteiger partial charge in [-0.1, -0.05) is 12.1 Å². The monoisotopic (exact) mass is 250 g/mol. The summed E-state index contributed by atoms with van der Waals surface area (Å²) < 4.78 is 0. The molecule has 18 heavy (non-hydrogen) atoms. The van der Waals surface area contributed by atoms with E-state index in [9.17, 15) is 9.59 Å². The fourth-order valence-electron chi connectivity index (χ4n) is 1.57. The van der Waals surface area contributed by atoms with Crippen LogP contribution in [-0.4, -0.2) is 41.5 Å². The van der Waals surface area contributed by atoms with Crippen LogP contribution in [0.15, 0.2) is 24.3 Å². The molecule has 0 spiro atoms. The molecule has 0 heterocycles. The fraction of sp³-hybridized carbons (Fsp3) is 0.385. The number of nitrogens with one attached hydrogen (secondary N) is 1. The van der Waals surface area contributed by atoms with Gasteiger partial charge in [-0.15, -0.1) is 0 Å². The normalized spacial score (nSPS) is 9.94. The summed E-state index contributed by atoms with van der Waals surface area (Å²) in [7, 11) is 0. The van der Waals surface area contributed by atoms with Gasteiger partial charge < -0.3 is 15.3 Å². The molecule has 5 nitrogen and oxygen atoms in total. The van der Waals surface area contributed by atoms with E-state index in [2.05, 4.69) is 5.32 Å². The topological polar surface area (TPSA) is 69.6 Å². The van der Waals surface area contributed by atoms with Crippen LogP contribution in [0.4, 0.5) is 5.69 Å². The predicted molar refractivity (Wildman–Crippen MR) is 69.1 cm³/mol. The van der Waals surface area contributed by atoms with Crippen LogP contribution in [-0.2, 0) is 9.59 Å². The molecule has 1 aromatic carbocycles. The Kier molecular flexibility index (Phi) is 5.32. The van der Waals surface area contributed by atoms with Gasteiger partial charge in [0.05, 0.1) is 6.61 Å². The quantitative estimate of drug-likeness (QED) is 0.776. The maximum Gasteiger partial charge on any atom is 0.313 e. The zero-order valence-electron chi connectivity index (χ0n) is 10.6. The van der Waals surface area contributed by atoms with Crippen molar-refractivity contribution < 1.29 is 14.7 Å². The van der Waals surface area contributed by atoms with Crippen molar-refractivity contribution in [3.63, 3.8) is 0 Å². The van der Waals surface area contributed by atoms with Crippen molar-refractivity contribution in [3.05, 3.63) is 29.8 Å². The number of aliphatic hydroxyl groups is 1. The van der Waals surface area contributed by atoms with Gasteiger partial charge in [0.25, 0.3) is 0 Å². The molecule has 0 aliphatic rings. The number of nitrogens with zero attached hydrogens (tertiary/aromatic N) is 1. The van der Waals surface area contributed by atoms with E-state index in [0.717, 1.165) is 5.56 Å². The standard InChI is InChI=1S/C13H18N2O3/c1-3-15(7-8-16)13(18)12(17)14-11-6-4-5-10(2)9-11/h4-6,9,16H,3,7-8H2,1-2H3,(H,14,17). The van der Waals surface area contributed by atoms with Gasteiger partial charge in [-0.3, -0.25) is 9.59 Å². The summed E-state index contributed by atoms with van der Waals surface area (Å²) in [5, 5.41) is 11.3. The van der Waals surface area contributed by atoms with Gasteiger partial charge in [0.1, 0.15) is 0 Å². The van der Waals surface area contributed by atoms with E-state index in [1.54, 1.807) is 25.1 Å². The first-order valence-electron chi connectivity index (χ1n) is 5.86. The maximum atomic E-state index is 11.8. The summed E-state index contributed by atoms with van der Waals surface area (Å²) >= 11 is 0. The van der Waals surface area contributed by atoms with Crippen molar-refractivity contribution in [1.29, 1.82) is 0 Å². The molecule has 0 saturated carbocycles. The maximum absolute atomic E-state index is 11.8. The molecule has 1 aromatic rings. The fourth-order valence-corrected chi connectivity index (χ4v) is 1.57. The van der Waals surface area contributed by atoms with Crippen LogP contribution in [0.5, 0.6) is 0 Å². The second-order valence-corrected chi connectivity index (χ2v) is 3.93. The lowest BCUT2D eigenvalue weighted by Crippen LogP contribution is -2.41. The summed E-state index contributed by atoms with van der Waals surface area (Å²) in [6.07, 6.45) is 0. The molecular weight excluding hydrogens is 232 g/mol.